The molecule has 0 unspecified atom stereocenters. The normalized spacial score (nSPS) is 11.6. The van der Waals surface area contributed by atoms with E-state index >= 15 is 0 Å². The van der Waals surface area contributed by atoms with Crippen LogP contribution in [0.15, 0.2) is 22.9 Å². The van der Waals surface area contributed by atoms with Crippen molar-refractivity contribution in [2.24, 2.45) is 4.74 Å². The number of aryl methyl sites for hydroxylation is 2. The largest absolute Gasteiger partial charge is 0.359 e. The van der Waals surface area contributed by atoms with Crippen molar-refractivity contribution in [3.05, 3.63) is 29.3 Å². The average molecular weight is 243 g/mol. The van der Waals surface area contributed by atoms with Crippen LogP contribution in [-0.4, -0.2) is 21.3 Å². The van der Waals surface area contributed by atoms with Crippen molar-refractivity contribution < 1.29 is 13.6 Å². The van der Waals surface area contributed by atoms with Crippen LogP contribution in [0.1, 0.15) is 11.1 Å². The van der Waals surface area contributed by atoms with Crippen LogP contribution in [-0.2, 0) is 13.6 Å². The van der Waals surface area contributed by atoms with Gasteiger partial charge in [-0.3, -0.25) is 0 Å². The number of benzene rings is 1. The van der Waals surface area contributed by atoms with Gasteiger partial charge in [-0.25, -0.2) is 0 Å². The number of rotatable bonds is 4. The highest BCUT2D eigenvalue weighted by atomic mass is 31.2. The molecule has 5 heteroatoms. The van der Waals surface area contributed by atoms with Crippen molar-refractivity contribution in [1.82, 2.24) is 0 Å². The Balaban J connectivity index is 3.33. The van der Waals surface area contributed by atoms with Gasteiger partial charge in [-0.2, -0.15) is 4.74 Å². The lowest BCUT2D eigenvalue weighted by Gasteiger charge is -2.18. The molecule has 0 amide bonds. The third kappa shape index (κ3) is 2.71. The summed E-state index contributed by atoms with van der Waals surface area (Å²) in [6.07, 6.45) is 0. The zero-order valence-corrected chi connectivity index (χ0v) is 11.2. The van der Waals surface area contributed by atoms with Crippen LogP contribution in [0.2, 0.25) is 0 Å². The van der Waals surface area contributed by atoms with Gasteiger partial charge in [0.2, 0.25) is 0 Å². The highest BCUT2D eigenvalue weighted by Gasteiger charge is 2.19. The van der Waals surface area contributed by atoms with Crippen LogP contribution in [0.4, 0.5) is 5.69 Å². The van der Waals surface area contributed by atoms with Gasteiger partial charge in [-0.1, -0.05) is 18.2 Å². The van der Waals surface area contributed by atoms with Gasteiger partial charge in [0.25, 0.3) is 0 Å². The zero-order chi connectivity index (χ0) is 12.2. The SMILES string of the molecule is COP(=Nc1c(C)cccc1C)(OC)OC. The average Bonchev–Trinajstić information content (AvgIpc) is 2.30. The van der Waals surface area contributed by atoms with Crippen molar-refractivity contribution in [2.75, 3.05) is 21.3 Å². The van der Waals surface area contributed by atoms with Gasteiger partial charge in [-0.05, 0) is 25.0 Å². The number of nitrogens with zero attached hydrogens (tertiary/aromatic N) is 1. The Kier molecular flexibility index (Phi) is 4.69. The molecule has 0 fully saturated rings. The Hall–Kier alpha value is -0.670. The molecule has 1 aromatic carbocycles. The molecule has 4 nitrogen and oxygen atoms in total. The molecule has 0 heterocycles. The minimum atomic E-state index is -2.59. The highest BCUT2D eigenvalue weighted by Crippen LogP contribution is 2.54. The lowest BCUT2D eigenvalue weighted by atomic mass is 10.1. The van der Waals surface area contributed by atoms with E-state index in [2.05, 4.69) is 4.74 Å². The fourth-order valence-corrected chi connectivity index (χ4v) is 2.68. The quantitative estimate of drug-likeness (QED) is 0.755. The second-order valence-electron chi connectivity index (χ2n) is 3.36. The molecule has 0 saturated heterocycles. The summed E-state index contributed by atoms with van der Waals surface area (Å²) in [7, 11) is 2.03. The summed E-state index contributed by atoms with van der Waals surface area (Å²) in [4.78, 5) is 0. The third-order valence-corrected chi connectivity index (χ3v) is 4.18. The van der Waals surface area contributed by atoms with Gasteiger partial charge in [-0.15, -0.1) is 0 Å². The topological polar surface area (TPSA) is 40.0 Å². The van der Waals surface area contributed by atoms with Crippen LogP contribution in [0.25, 0.3) is 0 Å². The van der Waals surface area contributed by atoms with Crippen molar-refractivity contribution >= 4 is 13.4 Å². The van der Waals surface area contributed by atoms with Crippen molar-refractivity contribution in [3.8, 4) is 0 Å². The Morgan fingerprint density at radius 2 is 1.38 bits per heavy atom. The van der Waals surface area contributed by atoms with E-state index in [-0.39, 0.29) is 0 Å². The molecule has 0 radical (unpaired) electrons. The summed E-state index contributed by atoms with van der Waals surface area (Å²) < 4.78 is 20.2. The maximum absolute atomic E-state index is 5.25. The molecule has 0 atom stereocenters. The predicted molar refractivity (Wildman–Crippen MR) is 66.0 cm³/mol. The van der Waals surface area contributed by atoms with Crippen LogP contribution in [0, 0.1) is 13.8 Å². The van der Waals surface area contributed by atoms with Crippen molar-refractivity contribution in [3.63, 3.8) is 0 Å². The van der Waals surface area contributed by atoms with E-state index in [0.29, 0.717) is 0 Å². The Bertz CT molecular complexity index is 378. The minimum absolute atomic E-state index is 0.876. The fraction of sp³-hybridized carbons (Fsp3) is 0.455. The van der Waals surface area contributed by atoms with Crippen LogP contribution >= 0.6 is 7.74 Å². The van der Waals surface area contributed by atoms with Crippen LogP contribution in [0.3, 0.4) is 0 Å². The maximum atomic E-state index is 5.25. The molecule has 0 aliphatic rings. The maximum Gasteiger partial charge on any atom is 0.359 e. The van der Waals surface area contributed by atoms with E-state index in [9.17, 15) is 0 Å². The first kappa shape index (κ1) is 13.4. The van der Waals surface area contributed by atoms with Crippen LogP contribution in [0.5, 0.6) is 0 Å². The fourth-order valence-electron chi connectivity index (χ4n) is 1.43. The number of hydrogen-bond acceptors (Lipinski definition) is 4. The molecule has 90 valence electrons. The Labute approximate surface area is 96.8 Å². The molecular formula is C11H18NO3P. The van der Waals surface area contributed by atoms with Gasteiger partial charge in [0.1, 0.15) is 0 Å². The molecule has 0 bridgehead atoms. The standard InChI is InChI=1S/C11H18NO3P/c1-9-7-6-8-10(2)11(9)12-16(13-3,14-4)15-5/h6-8H,1-5H3. The third-order valence-electron chi connectivity index (χ3n) is 2.35. The first-order valence-electron chi connectivity index (χ1n) is 4.94. The summed E-state index contributed by atoms with van der Waals surface area (Å²) in [6, 6.07) is 6.00. The molecule has 0 aliphatic carbocycles. The van der Waals surface area contributed by atoms with Gasteiger partial charge < -0.3 is 13.6 Å². The summed E-state index contributed by atoms with van der Waals surface area (Å²) in [5.41, 5.74) is 3.03. The molecule has 0 saturated carbocycles. The number of hydrogen-bond donors (Lipinski definition) is 0. The monoisotopic (exact) mass is 243 g/mol. The highest BCUT2D eigenvalue weighted by molar-refractivity contribution is 7.51. The summed E-state index contributed by atoms with van der Waals surface area (Å²) in [5, 5.41) is 0. The van der Waals surface area contributed by atoms with Crippen LogP contribution < -0.4 is 0 Å². The van der Waals surface area contributed by atoms with E-state index in [1.54, 1.807) is 0 Å². The molecule has 0 aliphatic heterocycles. The Morgan fingerprint density at radius 3 is 1.75 bits per heavy atom. The summed E-state index contributed by atoms with van der Waals surface area (Å²) in [5.74, 6) is 0. The first-order valence-corrected chi connectivity index (χ1v) is 6.44. The summed E-state index contributed by atoms with van der Waals surface area (Å²) >= 11 is 0. The first-order chi connectivity index (χ1) is 7.58. The molecule has 0 aromatic heterocycles. The smallest absolute Gasteiger partial charge is 0.306 e. The van der Waals surface area contributed by atoms with Crippen molar-refractivity contribution in [2.45, 2.75) is 13.8 Å². The zero-order valence-electron chi connectivity index (χ0n) is 10.4. The summed E-state index contributed by atoms with van der Waals surface area (Å²) in [6.45, 7) is 4.00. The lowest BCUT2D eigenvalue weighted by molar-refractivity contribution is 0.224. The van der Waals surface area contributed by atoms with E-state index in [0.717, 1.165) is 16.8 Å². The van der Waals surface area contributed by atoms with E-state index in [1.165, 1.54) is 21.3 Å². The molecule has 1 rings (SSSR count). The van der Waals surface area contributed by atoms with E-state index in [1.807, 2.05) is 32.0 Å². The second kappa shape index (κ2) is 5.60. The lowest BCUT2D eigenvalue weighted by Crippen LogP contribution is -1.92. The van der Waals surface area contributed by atoms with Crippen molar-refractivity contribution in [1.29, 1.82) is 0 Å². The van der Waals surface area contributed by atoms with Gasteiger partial charge >= 0.3 is 7.74 Å². The molecular weight excluding hydrogens is 225 g/mol. The Morgan fingerprint density at radius 1 is 0.938 bits per heavy atom. The molecule has 16 heavy (non-hydrogen) atoms. The van der Waals surface area contributed by atoms with Gasteiger partial charge in [0.05, 0.1) is 5.69 Å². The predicted octanol–water partition coefficient (Wildman–Crippen LogP) is 3.82. The minimum Gasteiger partial charge on any atom is -0.306 e. The second-order valence-corrected chi connectivity index (χ2v) is 5.59. The van der Waals surface area contributed by atoms with Gasteiger partial charge in [0.15, 0.2) is 0 Å². The van der Waals surface area contributed by atoms with Gasteiger partial charge in [0, 0.05) is 21.3 Å². The van der Waals surface area contributed by atoms with E-state index in [4.69, 9.17) is 13.6 Å². The van der Waals surface area contributed by atoms with E-state index < -0.39 is 7.74 Å². The molecule has 0 N–H and O–H groups in total. The molecule has 1 aromatic rings. The molecule has 0 spiro atoms.